The SMILES string of the molecule is C[C@H]1CCCC[C@@H]1OCCNc1ncc(S(N)(=O)=O)s1. The fourth-order valence-corrected chi connectivity index (χ4v) is 3.85. The Bertz CT molecular complexity index is 530. The van der Waals surface area contributed by atoms with Crippen LogP contribution >= 0.6 is 11.3 Å². The van der Waals surface area contributed by atoms with Gasteiger partial charge in [-0.15, -0.1) is 0 Å². The number of hydrogen-bond donors (Lipinski definition) is 2. The first-order chi connectivity index (χ1) is 9.47. The maximum Gasteiger partial charge on any atom is 0.249 e. The molecule has 1 aromatic heterocycles. The van der Waals surface area contributed by atoms with E-state index in [1.807, 2.05) is 0 Å². The summed E-state index contributed by atoms with van der Waals surface area (Å²) in [6.07, 6.45) is 6.53. The van der Waals surface area contributed by atoms with Gasteiger partial charge < -0.3 is 10.1 Å². The molecule has 0 aromatic carbocycles. The van der Waals surface area contributed by atoms with Crippen molar-refractivity contribution in [2.75, 3.05) is 18.5 Å². The fraction of sp³-hybridized carbons (Fsp3) is 0.750. The van der Waals surface area contributed by atoms with E-state index in [-0.39, 0.29) is 4.21 Å². The zero-order valence-electron chi connectivity index (χ0n) is 11.5. The van der Waals surface area contributed by atoms with Crippen molar-refractivity contribution in [1.82, 2.24) is 4.98 Å². The van der Waals surface area contributed by atoms with Gasteiger partial charge in [0.15, 0.2) is 9.34 Å². The quantitative estimate of drug-likeness (QED) is 0.780. The molecule has 2 atom stereocenters. The highest BCUT2D eigenvalue weighted by Crippen LogP contribution is 2.26. The Balaban J connectivity index is 1.72. The van der Waals surface area contributed by atoms with Gasteiger partial charge >= 0.3 is 0 Å². The van der Waals surface area contributed by atoms with Crippen molar-refractivity contribution in [3.63, 3.8) is 0 Å². The van der Waals surface area contributed by atoms with Gasteiger partial charge in [0.25, 0.3) is 0 Å². The lowest BCUT2D eigenvalue weighted by atomic mass is 9.88. The zero-order valence-corrected chi connectivity index (χ0v) is 13.2. The zero-order chi connectivity index (χ0) is 14.6. The molecule has 1 aliphatic carbocycles. The third-order valence-corrected chi connectivity index (χ3v) is 5.87. The lowest BCUT2D eigenvalue weighted by Gasteiger charge is -2.28. The molecule has 1 saturated carbocycles. The van der Waals surface area contributed by atoms with Crippen LogP contribution in [-0.4, -0.2) is 32.7 Å². The molecule has 1 aliphatic rings. The molecule has 0 saturated heterocycles. The third kappa shape index (κ3) is 4.41. The molecule has 1 fully saturated rings. The largest absolute Gasteiger partial charge is 0.376 e. The summed E-state index contributed by atoms with van der Waals surface area (Å²) >= 11 is 1.04. The number of ether oxygens (including phenoxy) is 1. The van der Waals surface area contributed by atoms with E-state index in [0.29, 0.717) is 30.3 Å². The minimum Gasteiger partial charge on any atom is -0.376 e. The molecule has 0 radical (unpaired) electrons. The van der Waals surface area contributed by atoms with E-state index >= 15 is 0 Å². The van der Waals surface area contributed by atoms with Crippen LogP contribution in [0.15, 0.2) is 10.4 Å². The van der Waals surface area contributed by atoms with Crippen molar-refractivity contribution in [2.45, 2.75) is 42.9 Å². The van der Waals surface area contributed by atoms with Crippen molar-refractivity contribution in [3.8, 4) is 0 Å². The van der Waals surface area contributed by atoms with Crippen molar-refractivity contribution >= 4 is 26.5 Å². The van der Waals surface area contributed by atoms with Crippen LogP contribution in [-0.2, 0) is 14.8 Å². The van der Waals surface area contributed by atoms with E-state index in [4.69, 9.17) is 9.88 Å². The normalized spacial score (nSPS) is 23.7. The number of hydrogen-bond acceptors (Lipinski definition) is 6. The molecular weight excluding hydrogens is 298 g/mol. The second kappa shape index (κ2) is 6.84. The van der Waals surface area contributed by atoms with E-state index in [1.165, 1.54) is 25.5 Å². The first kappa shape index (κ1) is 15.7. The number of anilines is 1. The smallest absolute Gasteiger partial charge is 0.249 e. The summed E-state index contributed by atoms with van der Waals surface area (Å²) in [6, 6.07) is 0. The Morgan fingerprint density at radius 1 is 1.50 bits per heavy atom. The molecule has 6 nitrogen and oxygen atoms in total. The molecule has 114 valence electrons. The summed E-state index contributed by atoms with van der Waals surface area (Å²) in [5.74, 6) is 0.623. The minimum absolute atomic E-state index is 0.0711. The second-order valence-electron chi connectivity index (χ2n) is 5.13. The molecule has 0 unspecified atom stereocenters. The number of nitrogens with one attached hydrogen (secondary N) is 1. The Morgan fingerprint density at radius 2 is 2.25 bits per heavy atom. The highest BCUT2D eigenvalue weighted by molar-refractivity contribution is 7.91. The van der Waals surface area contributed by atoms with E-state index in [9.17, 15) is 8.42 Å². The van der Waals surface area contributed by atoms with Gasteiger partial charge in [-0.3, -0.25) is 0 Å². The van der Waals surface area contributed by atoms with Gasteiger partial charge in [0.05, 0.1) is 18.9 Å². The van der Waals surface area contributed by atoms with E-state index in [2.05, 4.69) is 17.2 Å². The van der Waals surface area contributed by atoms with E-state index < -0.39 is 10.0 Å². The van der Waals surface area contributed by atoms with Crippen LogP contribution in [0.2, 0.25) is 0 Å². The van der Waals surface area contributed by atoms with Gasteiger partial charge in [0.2, 0.25) is 10.0 Å². The van der Waals surface area contributed by atoms with Gasteiger partial charge in [-0.25, -0.2) is 18.5 Å². The van der Waals surface area contributed by atoms with Crippen LogP contribution in [0, 0.1) is 5.92 Å². The summed E-state index contributed by atoms with van der Waals surface area (Å²) in [5.41, 5.74) is 0. The third-order valence-electron chi connectivity index (χ3n) is 3.51. The summed E-state index contributed by atoms with van der Waals surface area (Å²) in [5, 5.41) is 8.63. The summed E-state index contributed by atoms with van der Waals surface area (Å²) in [7, 11) is -3.65. The molecule has 0 aliphatic heterocycles. The molecular formula is C12H21N3O3S2. The lowest BCUT2D eigenvalue weighted by Crippen LogP contribution is -2.27. The molecule has 3 N–H and O–H groups in total. The number of sulfonamides is 1. The average molecular weight is 319 g/mol. The summed E-state index contributed by atoms with van der Waals surface area (Å²) in [4.78, 5) is 3.97. The number of thiazole rings is 1. The minimum atomic E-state index is -3.65. The maximum absolute atomic E-state index is 11.1. The van der Waals surface area contributed by atoms with Crippen LogP contribution in [0.1, 0.15) is 32.6 Å². The topological polar surface area (TPSA) is 94.3 Å². The van der Waals surface area contributed by atoms with Crippen LogP contribution in [0.25, 0.3) is 0 Å². The Hall–Kier alpha value is -0.700. The van der Waals surface area contributed by atoms with Crippen LogP contribution in [0.3, 0.4) is 0 Å². The second-order valence-corrected chi connectivity index (χ2v) is 7.95. The van der Waals surface area contributed by atoms with Gasteiger partial charge in [0.1, 0.15) is 0 Å². The van der Waals surface area contributed by atoms with Gasteiger partial charge in [-0.1, -0.05) is 31.1 Å². The first-order valence-electron chi connectivity index (χ1n) is 6.81. The van der Waals surface area contributed by atoms with Crippen molar-refractivity contribution < 1.29 is 13.2 Å². The highest BCUT2D eigenvalue weighted by Gasteiger charge is 2.21. The monoisotopic (exact) mass is 319 g/mol. The number of nitrogens with zero attached hydrogens (tertiary/aromatic N) is 1. The van der Waals surface area contributed by atoms with E-state index in [0.717, 1.165) is 17.8 Å². The number of primary sulfonamides is 1. The molecule has 0 bridgehead atoms. The molecule has 2 rings (SSSR count). The number of aromatic nitrogens is 1. The fourth-order valence-electron chi connectivity index (χ4n) is 2.37. The Morgan fingerprint density at radius 3 is 2.90 bits per heavy atom. The molecule has 8 heteroatoms. The predicted molar refractivity (Wildman–Crippen MR) is 79.3 cm³/mol. The first-order valence-corrected chi connectivity index (χ1v) is 9.17. The molecule has 1 heterocycles. The number of rotatable bonds is 6. The summed E-state index contributed by atoms with van der Waals surface area (Å²) in [6.45, 7) is 3.44. The van der Waals surface area contributed by atoms with Crippen LogP contribution in [0.4, 0.5) is 5.13 Å². The van der Waals surface area contributed by atoms with Crippen LogP contribution in [0.5, 0.6) is 0 Å². The lowest BCUT2D eigenvalue weighted by molar-refractivity contribution is 0.000392. The Labute approximate surface area is 123 Å². The molecule has 0 spiro atoms. The van der Waals surface area contributed by atoms with Crippen LogP contribution < -0.4 is 10.5 Å². The summed E-state index contributed by atoms with van der Waals surface area (Å²) < 4.78 is 28.2. The van der Waals surface area contributed by atoms with Crippen molar-refractivity contribution in [1.29, 1.82) is 0 Å². The van der Waals surface area contributed by atoms with Crippen molar-refractivity contribution in [3.05, 3.63) is 6.20 Å². The van der Waals surface area contributed by atoms with E-state index in [1.54, 1.807) is 0 Å². The van der Waals surface area contributed by atoms with Crippen molar-refractivity contribution in [2.24, 2.45) is 11.1 Å². The molecule has 1 aromatic rings. The van der Waals surface area contributed by atoms with Gasteiger partial charge in [-0.05, 0) is 18.8 Å². The number of nitrogens with two attached hydrogens (primary N) is 1. The Kier molecular flexibility index (Phi) is 5.36. The van der Waals surface area contributed by atoms with Gasteiger partial charge in [0, 0.05) is 6.54 Å². The standard InChI is InChI=1S/C12H21N3O3S2/c1-9-4-2-3-5-10(9)18-7-6-14-12-15-8-11(19-12)20(13,16)17/h8-10H,2-7H2,1H3,(H,14,15)(H2,13,16,17)/t9-,10-/m0/s1. The average Bonchev–Trinajstić information content (AvgIpc) is 2.85. The van der Waals surface area contributed by atoms with Gasteiger partial charge in [-0.2, -0.15) is 0 Å². The maximum atomic E-state index is 11.1. The highest BCUT2D eigenvalue weighted by atomic mass is 32.2. The molecule has 20 heavy (non-hydrogen) atoms. The predicted octanol–water partition coefficient (Wildman–Crippen LogP) is 1.80. The molecule has 0 amide bonds.